The van der Waals surface area contributed by atoms with E-state index < -0.39 is 5.97 Å². The van der Waals surface area contributed by atoms with Crippen molar-refractivity contribution in [3.8, 4) is 0 Å². The number of aromatic nitrogens is 1. The second kappa shape index (κ2) is 4.64. The van der Waals surface area contributed by atoms with Gasteiger partial charge in [-0.25, -0.2) is 14.6 Å². The number of H-pyrrole nitrogens is 1. The third kappa shape index (κ3) is 2.30. The fraction of sp³-hybridized carbons (Fsp3) is 0.375. The molecule has 0 bridgehead atoms. The molecule has 5 nitrogen and oxygen atoms in total. The van der Waals surface area contributed by atoms with Crippen LogP contribution in [0.2, 0.25) is 0 Å². The molecular formula is C8H11NO4. The molecule has 0 fully saturated rings. The monoisotopic (exact) mass is 185 g/mol. The minimum atomic E-state index is -0.393. The van der Waals surface area contributed by atoms with E-state index in [1.165, 1.54) is 14.2 Å². The van der Waals surface area contributed by atoms with E-state index in [0.717, 1.165) is 0 Å². The molecule has 1 rings (SSSR count). The second-order valence-corrected chi connectivity index (χ2v) is 2.31. The Kier molecular flexibility index (Phi) is 3.48. The number of hydrogen-bond acceptors (Lipinski definition) is 4. The average Bonchev–Trinajstić information content (AvgIpc) is 2.61. The van der Waals surface area contributed by atoms with Gasteiger partial charge in [0.1, 0.15) is 6.61 Å². The molecule has 1 N–H and O–H groups in total. The zero-order valence-corrected chi connectivity index (χ0v) is 7.49. The molecule has 5 heteroatoms. The van der Waals surface area contributed by atoms with Crippen LogP contribution in [-0.4, -0.2) is 25.2 Å². The number of aromatic amines is 1. The summed E-state index contributed by atoms with van der Waals surface area (Å²) in [6, 6.07) is 0. The molecule has 0 unspecified atom stereocenters. The van der Waals surface area contributed by atoms with Crippen LogP contribution < -0.4 is 0 Å². The number of ether oxygens (including phenoxy) is 1. The Bertz CT molecular complexity index is 281. The van der Waals surface area contributed by atoms with Crippen molar-refractivity contribution in [2.24, 2.45) is 0 Å². The van der Waals surface area contributed by atoms with E-state index in [1.54, 1.807) is 12.4 Å². The first-order valence-corrected chi connectivity index (χ1v) is 3.69. The number of methoxy groups -OCH3 is 1. The molecule has 0 aliphatic rings. The first kappa shape index (κ1) is 9.76. The number of nitrogens with one attached hydrogen (secondary N) is 1. The zero-order chi connectivity index (χ0) is 9.68. The van der Waals surface area contributed by atoms with E-state index >= 15 is 0 Å². The normalized spacial score (nSPS) is 10.0. The highest BCUT2D eigenvalue weighted by Crippen LogP contribution is 2.10. The van der Waals surface area contributed by atoms with Crippen molar-refractivity contribution < 1.29 is 19.3 Å². The summed E-state index contributed by atoms with van der Waals surface area (Å²) in [6.07, 6.45) is 3.21. The van der Waals surface area contributed by atoms with Gasteiger partial charge in [-0.2, -0.15) is 0 Å². The van der Waals surface area contributed by atoms with Gasteiger partial charge >= 0.3 is 5.97 Å². The van der Waals surface area contributed by atoms with Gasteiger partial charge in [-0.05, 0) is 0 Å². The van der Waals surface area contributed by atoms with Crippen LogP contribution >= 0.6 is 0 Å². The average molecular weight is 185 g/mol. The van der Waals surface area contributed by atoms with Gasteiger partial charge in [-0.1, -0.05) is 0 Å². The fourth-order valence-electron chi connectivity index (χ4n) is 0.938. The molecule has 0 spiro atoms. The van der Waals surface area contributed by atoms with Crippen molar-refractivity contribution >= 4 is 5.97 Å². The van der Waals surface area contributed by atoms with Crippen molar-refractivity contribution in [3.05, 3.63) is 23.5 Å². The summed E-state index contributed by atoms with van der Waals surface area (Å²) in [5, 5.41) is 0. The quantitative estimate of drug-likeness (QED) is 0.429. The smallest absolute Gasteiger partial charge is 0.339 e. The lowest BCUT2D eigenvalue weighted by atomic mass is 10.2. The van der Waals surface area contributed by atoms with E-state index in [2.05, 4.69) is 19.5 Å². The topological polar surface area (TPSA) is 60.5 Å². The molecule has 72 valence electrons. The van der Waals surface area contributed by atoms with Crippen molar-refractivity contribution in [3.63, 3.8) is 0 Å². The SMILES string of the molecule is COOCc1c[nH]cc1C(=O)OC. The van der Waals surface area contributed by atoms with E-state index in [1.807, 2.05) is 0 Å². The van der Waals surface area contributed by atoms with Crippen LogP contribution in [0.25, 0.3) is 0 Å². The van der Waals surface area contributed by atoms with Crippen LogP contribution in [-0.2, 0) is 21.1 Å². The molecule has 0 aliphatic heterocycles. The van der Waals surface area contributed by atoms with E-state index in [9.17, 15) is 4.79 Å². The van der Waals surface area contributed by atoms with Gasteiger partial charge in [-0.3, -0.25) is 0 Å². The maximum absolute atomic E-state index is 11.1. The van der Waals surface area contributed by atoms with E-state index in [-0.39, 0.29) is 6.61 Å². The number of esters is 1. The molecule has 1 aromatic rings. The van der Waals surface area contributed by atoms with Crippen LogP contribution in [0.3, 0.4) is 0 Å². The highest BCUT2D eigenvalue weighted by atomic mass is 17.2. The predicted octanol–water partition coefficient (Wildman–Crippen LogP) is 0.879. The van der Waals surface area contributed by atoms with Gasteiger partial charge in [0.05, 0.1) is 19.8 Å². The zero-order valence-electron chi connectivity index (χ0n) is 7.49. The maximum atomic E-state index is 11.1. The van der Waals surface area contributed by atoms with Crippen LogP contribution in [0.5, 0.6) is 0 Å². The lowest BCUT2D eigenvalue weighted by Gasteiger charge is -2.00. The minimum Gasteiger partial charge on any atom is -0.465 e. The molecular weight excluding hydrogens is 174 g/mol. The molecule has 0 radical (unpaired) electrons. The third-order valence-corrected chi connectivity index (χ3v) is 1.57. The number of rotatable bonds is 4. The Morgan fingerprint density at radius 1 is 1.46 bits per heavy atom. The summed E-state index contributed by atoms with van der Waals surface area (Å²) in [5.74, 6) is -0.393. The van der Waals surface area contributed by atoms with E-state index in [0.29, 0.717) is 11.1 Å². The highest BCUT2D eigenvalue weighted by Gasteiger charge is 2.12. The highest BCUT2D eigenvalue weighted by molar-refractivity contribution is 5.90. The summed E-state index contributed by atoms with van der Waals surface area (Å²) in [5.41, 5.74) is 1.16. The Morgan fingerprint density at radius 3 is 2.85 bits per heavy atom. The molecule has 0 amide bonds. The van der Waals surface area contributed by atoms with Crippen molar-refractivity contribution in [1.82, 2.24) is 4.98 Å². The number of hydrogen-bond donors (Lipinski definition) is 1. The summed E-state index contributed by atoms with van der Waals surface area (Å²) in [6.45, 7) is 0.213. The molecule has 0 aliphatic carbocycles. The molecule has 0 saturated carbocycles. The summed E-state index contributed by atoms with van der Waals surface area (Å²) < 4.78 is 4.56. The van der Waals surface area contributed by atoms with Crippen molar-refractivity contribution in [2.45, 2.75) is 6.61 Å². The predicted molar refractivity (Wildman–Crippen MR) is 43.9 cm³/mol. The number of carbonyl (C=O) groups excluding carboxylic acids is 1. The summed E-state index contributed by atoms with van der Waals surface area (Å²) >= 11 is 0. The maximum Gasteiger partial charge on any atom is 0.339 e. The minimum absolute atomic E-state index is 0.213. The summed E-state index contributed by atoms with van der Waals surface area (Å²) in [7, 11) is 2.74. The molecule has 13 heavy (non-hydrogen) atoms. The largest absolute Gasteiger partial charge is 0.465 e. The molecule has 0 saturated heterocycles. The Balaban J connectivity index is 2.71. The third-order valence-electron chi connectivity index (χ3n) is 1.57. The van der Waals surface area contributed by atoms with Gasteiger partial charge in [0.15, 0.2) is 0 Å². The van der Waals surface area contributed by atoms with Gasteiger partial charge in [0.2, 0.25) is 0 Å². The molecule has 0 atom stereocenters. The fourth-order valence-corrected chi connectivity index (χ4v) is 0.938. The summed E-state index contributed by atoms with van der Waals surface area (Å²) in [4.78, 5) is 23.0. The lowest BCUT2D eigenvalue weighted by molar-refractivity contribution is -0.282. The van der Waals surface area contributed by atoms with Crippen LogP contribution in [0.15, 0.2) is 12.4 Å². The molecule has 1 aromatic heterocycles. The standard InChI is InChI=1S/C8H11NO4/c1-11-8(10)7-4-9-3-6(7)5-13-12-2/h3-4,9H,5H2,1-2H3. The first-order valence-electron chi connectivity index (χ1n) is 3.69. The van der Waals surface area contributed by atoms with E-state index in [4.69, 9.17) is 0 Å². The molecule has 1 heterocycles. The number of carbonyl (C=O) groups is 1. The van der Waals surface area contributed by atoms with Gasteiger partial charge in [0.25, 0.3) is 0 Å². The van der Waals surface area contributed by atoms with Crippen molar-refractivity contribution in [2.75, 3.05) is 14.2 Å². The van der Waals surface area contributed by atoms with Crippen LogP contribution in [0.1, 0.15) is 15.9 Å². The van der Waals surface area contributed by atoms with Crippen molar-refractivity contribution in [1.29, 1.82) is 0 Å². The first-order chi connectivity index (χ1) is 6.29. The second-order valence-electron chi connectivity index (χ2n) is 2.31. The van der Waals surface area contributed by atoms with Crippen LogP contribution in [0, 0.1) is 0 Å². The molecule has 0 aromatic carbocycles. The van der Waals surface area contributed by atoms with Crippen LogP contribution in [0.4, 0.5) is 0 Å². The lowest BCUT2D eigenvalue weighted by Crippen LogP contribution is -2.03. The Labute approximate surface area is 75.5 Å². The Hall–Kier alpha value is -1.33. The Morgan fingerprint density at radius 2 is 2.23 bits per heavy atom. The van der Waals surface area contributed by atoms with Gasteiger partial charge < -0.3 is 9.72 Å². The van der Waals surface area contributed by atoms with Gasteiger partial charge in [0, 0.05) is 18.0 Å². The van der Waals surface area contributed by atoms with Gasteiger partial charge in [-0.15, -0.1) is 0 Å².